The monoisotopic (exact) mass is 216 g/mol. The van der Waals surface area contributed by atoms with Crippen LogP contribution in [0.15, 0.2) is 12.3 Å². The lowest BCUT2D eigenvalue weighted by atomic mass is 9.76. The van der Waals surface area contributed by atoms with Crippen molar-refractivity contribution in [3.8, 4) is 6.07 Å². The van der Waals surface area contributed by atoms with Crippen LogP contribution in [0, 0.1) is 11.3 Å². The first-order valence-electron chi connectivity index (χ1n) is 5.57. The number of rotatable bonds is 0. The molecule has 1 aromatic rings. The molecule has 0 aliphatic carbocycles. The van der Waals surface area contributed by atoms with Crippen LogP contribution in [-0.4, -0.2) is 4.98 Å². The van der Waals surface area contributed by atoms with Gasteiger partial charge in [0.05, 0.1) is 0 Å². The van der Waals surface area contributed by atoms with Gasteiger partial charge in [0.15, 0.2) is 0 Å². The largest absolute Gasteiger partial charge is 0.245 e. The van der Waals surface area contributed by atoms with Crippen molar-refractivity contribution in [2.24, 2.45) is 0 Å². The summed E-state index contributed by atoms with van der Waals surface area (Å²) in [6, 6.07) is 4.02. The van der Waals surface area contributed by atoms with Crippen molar-refractivity contribution in [1.29, 1.82) is 5.26 Å². The van der Waals surface area contributed by atoms with Crippen LogP contribution in [0.2, 0.25) is 0 Å². The third-order valence-electron chi connectivity index (χ3n) is 2.63. The van der Waals surface area contributed by atoms with Gasteiger partial charge in [-0.05, 0) is 28.0 Å². The fraction of sp³-hybridized carbons (Fsp3) is 0.571. The third kappa shape index (κ3) is 2.61. The maximum Gasteiger partial charge on any atom is 0.140 e. The Kier molecular flexibility index (Phi) is 3.10. The molecule has 0 aromatic carbocycles. The van der Waals surface area contributed by atoms with Crippen molar-refractivity contribution in [2.45, 2.75) is 52.4 Å². The Bertz CT molecular complexity index is 426. The molecule has 0 bridgehead atoms. The Hall–Kier alpha value is -1.36. The molecule has 0 unspecified atom stereocenters. The van der Waals surface area contributed by atoms with E-state index in [1.807, 2.05) is 12.3 Å². The Morgan fingerprint density at radius 3 is 1.88 bits per heavy atom. The zero-order valence-electron chi connectivity index (χ0n) is 11.0. The van der Waals surface area contributed by atoms with Crippen molar-refractivity contribution < 1.29 is 0 Å². The summed E-state index contributed by atoms with van der Waals surface area (Å²) in [4.78, 5) is 4.18. The second-order valence-corrected chi connectivity index (χ2v) is 6.23. The molecule has 0 atom stereocenters. The van der Waals surface area contributed by atoms with E-state index in [-0.39, 0.29) is 10.8 Å². The zero-order chi connectivity index (χ0) is 12.6. The van der Waals surface area contributed by atoms with Gasteiger partial charge in [0.1, 0.15) is 11.8 Å². The molecule has 1 aromatic heterocycles. The van der Waals surface area contributed by atoms with E-state index in [1.165, 1.54) is 11.1 Å². The lowest BCUT2D eigenvalue weighted by Gasteiger charge is -2.29. The van der Waals surface area contributed by atoms with E-state index < -0.39 is 0 Å². The molecule has 0 radical (unpaired) electrons. The van der Waals surface area contributed by atoms with Gasteiger partial charge < -0.3 is 0 Å². The second kappa shape index (κ2) is 3.90. The highest BCUT2D eigenvalue weighted by atomic mass is 14.7. The SMILES string of the molecule is CC(C)(C)c1cnc(C#N)cc1C(C)(C)C. The van der Waals surface area contributed by atoms with E-state index in [4.69, 9.17) is 5.26 Å². The minimum atomic E-state index is 0.0388. The molecule has 0 spiro atoms. The molecule has 0 fully saturated rings. The van der Waals surface area contributed by atoms with Gasteiger partial charge in [0.2, 0.25) is 0 Å². The summed E-state index contributed by atoms with van der Waals surface area (Å²) in [7, 11) is 0. The molecule has 0 N–H and O–H groups in total. The van der Waals surface area contributed by atoms with Gasteiger partial charge in [-0.25, -0.2) is 4.98 Å². The van der Waals surface area contributed by atoms with Crippen molar-refractivity contribution >= 4 is 0 Å². The standard InChI is InChI=1S/C14H20N2/c1-13(2,3)11-7-10(8-15)16-9-12(11)14(4,5)6/h7,9H,1-6H3. The number of hydrogen-bond donors (Lipinski definition) is 0. The average molecular weight is 216 g/mol. The smallest absolute Gasteiger partial charge is 0.140 e. The molecule has 2 heteroatoms. The van der Waals surface area contributed by atoms with E-state index >= 15 is 0 Å². The molecule has 2 nitrogen and oxygen atoms in total. The molecule has 16 heavy (non-hydrogen) atoms. The predicted octanol–water partition coefficient (Wildman–Crippen LogP) is 3.55. The summed E-state index contributed by atoms with van der Waals surface area (Å²) in [5, 5.41) is 8.91. The highest BCUT2D eigenvalue weighted by molar-refractivity contribution is 5.39. The van der Waals surface area contributed by atoms with Crippen molar-refractivity contribution in [3.05, 3.63) is 29.1 Å². The first-order valence-corrected chi connectivity index (χ1v) is 5.57. The normalized spacial score (nSPS) is 12.3. The Balaban J connectivity index is 3.47. The van der Waals surface area contributed by atoms with Crippen molar-refractivity contribution in [2.75, 3.05) is 0 Å². The van der Waals surface area contributed by atoms with E-state index in [0.717, 1.165) is 0 Å². The van der Waals surface area contributed by atoms with Crippen LogP contribution in [0.1, 0.15) is 58.4 Å². The predicted molar refractivity (Wildman–Crippen MR) is 66.4 cm³/mol. The van der Waals surface area contributed by atoms with Crippen LogP contribution >= 0.6 is 0 Å². The van der Waals surface area contributed by atoms with Crippen LogP contribution in [0.4, 0.5) is 0 Å². The molecule has 1 heterocycles. The summed E-state index contributed by atoms with van der Waals surface area (Å²) in [6.07, 6.45) is 1.85. The van der Waals surface area contributed by atoms with E-state index in [2.05, 4.69) is 52.6 Å². The van der Waals surface area contributed by atoms with Crippen LogP contribution in [-0.2, 0) is 10.8 Å². The lowest BCUT2D eigenvalue weighted by Crippen LogP contribution is -2.22. The van der Waals surface area contributed by atoms with Crippen molar-refractivity contribution in [3.63, 3.8) is 0 Å². The highest BCUT2D eigenvalue weighted by Crippen LogP contribution is 2.33. The second-order valence-electron chi connectivity index (χ2n) is 6.23. The number of hydrogen-bond acceptors (Lipinski definition) is 2. The van der Waals surface area contributed by atoms with Gasteiger partial charge in [-0.3, -0.25) is 0 Å². The fourth-order valence-electron chi connectivity index (χ4n) is 1.73. The van der Waals surface area contributed by atoms with Crippen LogP contribution in [0.5, 0.6) is 0 Å². The molecule has 0 saturated carbocycles. The van der Waals surface area contributed by atoms with Crippen LogP contribution < -0.4 is 0 Å². The molecule has 1 rings (SSSR count). The molecular formula is C14H20N2. The van der Waals surface area contributed by atoms with Gasteiger partial charge in [-0.2, -0.15) is 5.26 Å². The van der Waals surface area contributed by atoms with E-state index in [1.54, 1.807) is 0 Å². The van der Waals surface area contributed by atoms with Gasteiger partial charge in [0.25, 0.3) is 0 Å². The number of pyridine rings is 1. The summed E-state index contributed by atoms with van der Waals surface area (Å²) >= 11 is 0. The summed E-state index contributed by atoms with van der Waals surface area (Å²) < 4.78 is 0. The molecular weight excluding hydrogens is 196 g/mol. The van der Waals surface area contributed by atoms with E-state index in [9.17, 15) is 0 Å². The zero-order valence-corrected chi connectivity index (χ0v) is 11.0. The molecule has 86 valence electrons. The maximum atomic E-state index is 8.91. The minimum absolute atomic E-state index is 0.0388. The number of nitriles is 1. The quantitative estimate of drug-likeness (QED) is 0.665. The maximum absolute atomic E-state index is 8.91. The number of nitrogens with zero attached hydrogens (tertiary/aromatic N) is 2. The first kappa shape index (κ1) is 12.7. The summed E-state index contributed by atoms with van der Waals surface area (Å²) in [6.45, 7) is 13.0. The average Bonchev–Trinajstić information content (AvgIpc) is 2.14. The van der Waals surface area contributed by atoms with E-state index in [0.29, 0.717) is 5.69 Å². The molecule has 0 aliphatic rings. The lowest BCUT2D eigenvalue weighted by molar-refractivity contribution is 0.527. The molecule has 0 amide bonds. The minimum Gasteiger partial charge on any atom is -0.245 e. The van der Waals surface area contributed by atoms with Crippen LogP contribution in [0.3, 0.4) is 0 Å². The van der Waals surface area contributed by atoms with Gasteiger partial charge >= 0.3 is 0 Å². The highest BCUT2D eigenvalue weighted by Gasteiger charge is 2.25. The summed E-state index contributed by atoms with van der Waals surface area (Å²) in [5.41, 5.74) is 3.03. The third-order valence-corrected chi connectivity index (χ3v) is 2.63. The van der Waals surface area contributed by atoms with Gasteiger partial charge in [-0.1, -0.05) is 41.5 Å². The Labute approximate surface area is 98.3 Å². The van der Waals surface area contributed by atoms with Crippen LogP contribution in [0.25, 0.3) is 0 Å². The first-order chi connectivity index (χ1) is 7.16. The number of aromatic nitrogens is 1. The Morgan fingerprint density at radius 1 is 1.00 bits per heavy atom. The van der Waals surface area contributed by atoms with Crippen molar-refractivity contribution in [1.82, 2.24) is 4.98 Å². The Morgan fingerprint density at radius 2 is 1.50 bits per heavy atom. The van der Waals surface area contributed by atoms with Gasteiger partial charge in [-0.15, -0.1) is 0 Å². The molecule has 0 aliphatic heterocycles. The van der Waals surface area contributed by atoms with Gasteiger partial charge in [0, 0.05) is 6.20 Å². The topological polar surface area (TPSA) is 36.7 Å². The molecule has 0 saturated heterocycles. The summed E-state index contributed by atoms with van der Waals surface area (Å²) in [5.74, 6) is 0. The fourth-order valence-corrected chi connectivity index (χ4v) is 1.73.